The van der Waals surface area contributed by atoms with Gasteiger partial charge in [0.25, 0.3) is 0 Å². The Hall–Kier alpha value is -1.13. The molecule has 0 aromatic carbocycles. The monoisotopic (exact) mass is 168 g/mol. The molecule has 12 heavy (non-hydrogen) atoms. The van der Waals surface area contributed by atoms with E-state index in [2.05, 4.69) is 4.98 Å². The SMILES string of the molecule is Cc1cc(=O)c([C@@H](N)CO)c[nH]1. The summed E-state index contributed by atoms with van der Waals surface area (Å²) < 4.78 is 0. The fraction of sp³-hybridized carbons (Fsp3) is 0.375. The number of nitrogens with two attached hydrogens (primary N) is 1. The fourth-order valence-corrected chi connectivity index (χ4v) is 0.972. The van der Waals surface area contributed by atoms with E-state index in [0.29, 0.717) is 5.56 Å². The van der Waals surface area contributed by atoms with Crippen molar-refractivity contribution < 1.29 is 5.11 Å². The molecule has 0 bridgehead atoms. The lowest BCUT2D eigenvalue weighted by Crippen LogP contribution is -2.22. The van der Waals surface area contributed by atoms with Gasteiger partial charge in [0.2, 0.25) is 0 Å². The molecule has 0 unspecified atom stereocenters. The minimum Gasteiger partial charge on any atom is -0.394 e. The highest BCUT2D eigenvalue weighted by molar-refractivity contribution is 5.17. The van der Waals surface area contributed by atoms with Gasteiger partial charge in [-0.3, -0.25) is 4.79 Å². The number of nitrogens with one attached hydrogen (secondary N) is 1. The van der Waals surface area contributed by atoms with Gasteiger partial charge in [0, 0.05) is 23.5 Å². The van der Waals surface area contributed by atoms with Gasteiger partial charge in [-0.25, -0.2) is 0 Å². The Kier molecular flexibility index (Phi) is 2.62. The first-order valence-corrected chi connectivity index (χ1v) is 3.71. The maximum atomic E-state index is 11.2. The number of rotatable bonds is 2. The maximum Gasteiger partial charge on any atom is 0.186 e. The molecule has 4 heteroatoms. The predicted octanol–water partition coefficient (Wildman–Crippen LogP) is -0.325. The highest BCUT2D eigenvalue weighted by Crippen LogP contribution is 2.01. The highest BCUT2D eigenvalue weighted by atomic mass is 16.3. The number of aromatic amines is 1. The van der Waals surface area contributed by atoms with Crippen LogP contribution in [-0.4, -0.2) is 16.7 Å². The average Bonchev–Trinajstić information content (AvgIpc) is 2.03. The second-order valence-electron chi connectivity index (χ2n) is 2.72. The van der Waals surface area contributed by atoms with Crippen molar-refractivity contribution >= 4 is 0 Å². The third-order valence-electron chi connectivity index (χ3n) is 1.68. The van der Waals surface area contributed by atoms with Gasteiger partial charge in [-0.1, -0.05) is 0 Å². The zero-order chi connectivity index (χ0) is 9.14. The van der Waals surface area contributed by atoms with E-state index in [9.17, 15) is 4.79 Å². The van der Waals surface area contributed by atoms with Crippen LogP contribution in [-0.2, 0) is 0 Å². The fourth-order valence-electron chi connectivity index (χ4n) is 0.972. The molecule has 0 aliphatic carbocycles. The highest BCUT2D eigenvalue weighted by Gasteiger charge is 2.07. The second kappa shape index (κ2) is 3.51. The van der Waals surface area contributed by atoms with E-state index in [4.69, 9.17) is 10.8 Å². The minimum atomic E-state index is -0.589. The van der Waals surface area contributed by atoms with E-state index in [0.717, 1.165) is 5.69 Å². The standard InChI is InChI=1S/C8H12N2O2/c1-5-2-8(12)6(3-10-5)7(9)4-11/h2-3,7,11H,4,9H2,1H3,(H,10,12)/t7-/m0/s1. The van der Waals surface area contributed by atoms with Crippen molar-refractivity contribution in [3.8, 4) is 0 Å². The molecule has 4 nitrogen and oxygen atoms in total. The first-order chi connectivity index (χ1) is 5.65. The molecular weight excluding hydrogens is 156 g/mol. The van der Waals surface area contributed by atoms with Crippen LogP contribution in [0.15, 0.2) is 17.1 Å². The Bertz CT molecular complexity index is 319. The third kappa shape index (κ3) is 1.72. The summed E-state index contributed by atoms with van der Waals surface area (Å²) in [6.45, 7) is 1.57. The molecule has 0 radical (unpaired) electrons. The number of hydrogen-bond acceptors (Lipinski definition) is 3. The Morgan fingerprint density at radius 1 is 1.75 bits per heavy atom. The van der Waals surface area contributed by atoms with Crippen LogP contribution in [0.5, 0.6) is 0 Å². The summed E-state index contributed by atoms with van der Waals surface area (Å²) >= 11 is 0. The summed E-state index contributed by atoms with van der Waals surface area (Å²) in [7, 11) is 0. The molecule has 0 fully saturated rings. The lowest BCUT2D eigenvalue weighted by molar-refractivity contribution is 0.267. The van der Waals surface area contributed by atoms with Crippen LogP contribution < -0.4 is 11.2 Å². The molecule has 0 aliphatic rings. The van der Waals surface area contributed by atoms with Crippen LogP contribution in [0, 0.1) is 6.92 Å². The lowest BCUT2D eigenvalue weighted by atomic mass is 10.1. The van der Waals surface area contributed by atoms with Gasteiger partial charge in [-0.05, 0) is 6.92 Å². The number of aryl methyl sites for hydroxylation is 1. The summed E-state index contributed by atoms with van der Waals surface area (Å²) in [5.74, 6) is 0. The minimum absolute atomic E-state index is 0.132. The summed E-state index contributed by atoms with van der Waals surface area (Å²) in [6.07, 6.45) is 1.54. The van der Waals surface area contributed by atoms with Crippen LogP contribution in [0.1, 0.15) is 17.3 Å². The van der Waals surface area contributed by atoms with Gasteiger partial charge >= 0.3 is 0 Å². The van der Waals surface area contributed by atoms with Crippen LogP contribution in [0.2, 0.25) is 0 Å². The Morgan fingerprint density at radius 3 is 2.92 bits per heavy atom. The van der Waals surface area contributed by atoms with Crippen molar-refractivity contribution in [2.45, 2.75) is 13.0 Å². The third-order valence-corrected chi connectivity index (χ3v) is 1.68. The zero-order valence-corrected chi connectivity index (χ0v) is 6.87. The van der Waals surface area contributed by atoms with E-state index >= 15 is 0 Å². The quantitative estimate of drug-likeness (QED) is 0.566. The molecule has 66 valence electrons. The van der Waals surface area contributed by atoms with Crippen molar-refractivity contribution in [2.75, 3.05) is 6.61 Å². The van der Waals surface area contributed by atoms with Crippen LogP contribution in [0.4, 0.5) is 0 Å². The summed E-state index contributed by atoms with van der Waals surface area (Å²) in [5.41, 5.74) is 6.55. The van der Waals surface area contributed by atoms with E-state index in [1.807, 2.05) is 0 Å². The average molecular weight is 168 g/mol. The number of pyridine rings is 1. The molecule has 0 saturated carbocycles. The first-order valence-electron chi connectivity index (χ1n) is 3.71. The smallest absolute Gasteiger partial charge is 0.186 e. The van der Waals surface area contributed by atoms with E-state index in [-0.39, 0.29) is 12.0 Å². The first kappa shape index (κ1) is 8.96. The van der Waals surface area contributed by atoms with Crippen molar-refractivity contribution in [1.29, 1.82) is 0 Å². The summed E-state index contributed by atoms with van der Waals surface area (Å²) in [5, 5.41) is 8.70. The number of aromatic nitrogens is 1. The van der Waals surface area contributed by atoms with Gasteiger partial charge in [0.05, 0.1) is 12.6 Å². The van der Waals surface area contributed by atoms with Gasteiger partial charge in [0.15, 0.2) is 5.43 Å². The normalized spacial score (nSPS) is 12.9. The Labute approximate surface area is 70.0 Å². The van der Waals surface area contributed by atoms with Gasteiger partial charge in [-0.15, -0.1) is 0 Å². The van der Waals surface area contributed by atoms with E-state index in [1.165, 1.54) is 6.07 Å². The molecule has 1 aromatic heterocycles. The summed E-state index contributed by atoms with van der Waals surface area (Å²) in [6, 6.07) is 0.875. The largest absolute Gasteiger partial charge is 0.394 e. The molecule has 1 aromatic rings. The van der Waals surface area contributed by atoms with Gasteiger partial charge in [-0.2, -0.15) is 0 Å². The van der Waals surface area contributed by atoms with Gasteiger partial charge < -0.3 is 15.8 Å². The second-order valence-corrected chi connectivity index (χ2v) is 2.72. The van der Waals surface area contributed by atoms with Crippen molar-refractivity contribution in [2.24, 2.45) is 5.73 Å². The number of hydrogen-bond donors (Lipinski definition) is 3. The number of aliphatic hydroxyl groups is 1. The maximum absolute atomic E-state index is 11.2. The molecule has 0 amide bonds. The van der Waals surface area contributed by atoms with E-state index < -0.39 is 6.04 Å². The van der Waals surface area contributed by atoms with Crippen LogP contribution in [0.3, 0.4) is 0 Å². The van der Waals surface area contributed by atoms with Gasteiger partial charge in [0.1, 0.15) is 0 Å². The zero-order valence-electron chi connectivity index (χ0n) is 6.87. The molecule has 0 spiro atoms. The van der Waals surface area contributed by atoms with Crippen molar-refractivity contribution in [3.05, 3.63) is 33.7 Å². The van der Waals surface area contributed by atoms with Crippen LogP contribution in [0.25, 0.3) is 0 Å². The van der Waals surface area contributed by atoms with E-state index in [1.54, 1.807) is 13.1 Å². The van der Waals surface area contributed by atoms with Crippen molar-refractivity contribution in [3.63, 3.8) is 0 Å². The predicted molar refractivity (Wildman–Crippen MR) is 45.8 cm³/mol. The number of aliphatic hydroxyl groups excluding tert-OH is 1. The summed E-state index contributed by atoms with van der Waals surface area (Å²) in [4.78, 5) is 14.1. The molecule has 1 heterocycles. The topological polar surface area (TPSA) is 79.1 Å². The molecule has 0 saturated heterocycles. The molecule has 0 aliphatic heterocycles. The molecule has 1 rings (SSSR count). The Balaban J connectivity index is 3.10. The number of H-pyrrole nitrogens is 1. The molecule has 1 atom stereocenters. The lowest BCUT2D eigenvalue weighted by Gasteiger charge is -2.06. The van der Waals surface area contributed by atoms with Crippen LogP contribution >= 0.6 is 0 Å². The van der Waals surface area contributed by atoms with Crippen molar-refractivity contribution in [1.82, 2.24) is 4.98 Å². The molecule has 4 N–H and O–H groups in total. The molecular formula is C8H12N2O2. The Morgan fingerprint density at radius 2 is 2.42 bits per heavy atom.